The van der Waals surface area contributed by atoms with Gasteiger partial charge in [0.15, 0.2) is 17.5 Å². The molecule has 3 heterocycles. The third kappa shape index (κ3) is 7.89. The number of ether oxygens (including phenoxy) is 2. The number of piperidine rings is 1. The smallest absolute Gasteiger partial charge is 0.249 e. The maximum atomic E-state index is 16.5. The van der Waals surface area contributed by atoms with E-state index < -0.39 is 34.9 Å². The van der Waals surface area contributed by atoms with E-state index in [1.165, 1.54) is 11.8 Å². The number of halogens is 4. The van der Waals surface area contributed by atoms with Gasteiger partial charge in [-0.05, 0) is 74.7 Å². The quantitative estimate of drug-likeness (QED) is 0.0854. The van der Waals surface area contributed by atoms with Gasteiger partial charge in [-0.3, -0.25) is 19.9 Å². The molecule has 5 rings (SSSR count). The highest BCUT2D eigenvalue weighted by atomic mass is 32.2. The number of hydroxylamine groups is 1. The number of alkyl halides is 1. The van der Waals surface area contributed by atoms with Gasteiger partial charge in [-0.25, -0.2) is 23.0 Å². The molecule has 45 heavy (non-hydrogen) atoms. The number of methoxy groups -OCH3 is 1. The zero-order chi connectivity index (χ0) is 32.0. The van der Waals surface area contributed by atoms with Crippen LogP contribution < -0.4 is 10.2 Å². The Kier molecular flexibility index (Phi) is 11.2. The third-order valence-electron chi connectivity index (χ3n) is 8.92. The van der Waals surface area contributed by atoms with Crippen LogP contribution in [0.25, 0.3) is 10.9 Å². The predicted molar refractivity (Wildman–Crippen MR) is 163 cm³/mol. The van der Waals surface area contributed by atoms with Gasteiger partial charge in [-0.1, -0.05) is 0 Å². The number of thioether (sulfide) groups is 1. The van der Waals surface area contributed by atoms with Crippen LogP contribution in [0.1, 0.15) is 43.0 Å². The molecule has 244 valence electrons. The van der Waals surface area contributed by atoms with E-state index >= 15 is 4.39 Å². The highest BCUT2D eigenvalue weighted by molar-refractivity contribution is 7.99. The summed E-state index contributed by atoms with van der Waals surface area (Å²) < 4.78 is 67.8. The topological polar surface area (TPSA) is 87.2 Å². The average molecular weight is 651 g/mol. The largest absolute Gasteiger partial charge is 0.497 e. The molecule has 2 aliphatic heterocycles. The SMILES string of the molecule is COc1ccc2ncc(CN3CCOCC3)c(C(F)CCC3(C(=O)NO)CCN(CCSc4cc(F)c(F)c(F)c4)CC3)c2c1. The van der Waals surface area contributed by atoms with Gasteiger partial charge in [0, 0.05) is 54.0 Å². The van der Waals surface area contributed by atoms with Crippen molar-refractivity contribution in [1.29, 1.82) is 0 Å². The number of rotatable bonds is 12. The Hall–Kier alpha value is -2.97. The van der Waals surface area contributed by atoms with E-state index in [-0.39, 0.29) is 12.8 Å². The normalized spacial score (nSPS) is 18.2. The summed E-state index contributed by atoms with van der Waals surface area (Å²) >= 11 is 1.21. The van der Waals surface area contributed by atoms with Gasteiger partial charge in [-0.15, -0.1) is 11.8 Å². The predicted octanol–water partition coefficient (Wildman–Crippen LogP) is 5.66. The molecule has 2 N–H and O–H groups in total. The van der Waals surface area contributed by atoms with Crippen molar-refractivity contribution < 1.29 is 37.0 Å². The molecule has 2 saturated heterocycles. The zero-order valence-corrected chi connectivity index (χ0v) is 26.0. The minimum atomic E-state index is -1.49. The summed E-state index contributed by atoms with van der Waals surface area (Å²) in [4.78, 5) is 22.2. The van der Waals surface area contributed by atoms with Gasteiger partial charge in [0.1, 0.15) is 11.9 Å². The lowest BCUT2D eigenvalue weighted by molar-refractivity contribution is -0.143. The van der Waals surface area contributed by atoms with E-state index in [2.05, 4.69) is 14.8 Å². The first-order valence-corrected chi connectivity index (χ1v) is 16.1. The standard InChI is InChI=1S/C32H38F4N4O4S/c1-43-22-2-3-28-24(16-22)29(21(19-37-28)20-40-10-13-44-14-11-40)25(33)4-5-32(31(41)38-42)6-8-39(9-7-32)12-15-45-23-17-26(34)30(36)27(35)18-23/h2-3,16-19,25,42H,4-15,20H2,1H3,(H,38,41). The van der Waals surface area contributed by atoms with Crippen LogP contribution in [-0.2, 0) is 16.1 Å². The van der Waals surface area contributed by atoms with E-state index in [1.807, 2.05) is 5.48 Å². The van der Waals surface area contributed by atoms with Crippen LogP contribution in [0.15, 0.2) is 41.4 Å². The molecule has 1 amide bonds. The van der Waals surface area contributed by atoms with Gasteiger partial charge < -0.3 is 14.4 Å². The molecule has 0 aliphatic carbocycles. The highest BCUT2D eigenvalue weighted by Crippen LogP contribution is 2.42. The van der Waals surface area contributed by atoms with Crippen LogP contribution in [0.4, 0.5) is 17.6 Å². The third-order valence-corrected chi connectivity index (χ3v) is 9.87. The molecule has 3 aromatic rings. The Morgan fingerprint density at radius 2 is 1.82 bits per heavy atom. The van der Waals surface area contributed by atoms with E-state index in [1.54, 1.807) is 31.5 Å². The monoisotopic (exact) mass is 650 g/mol. The van der Waals surface area contributed by atoms with Crippen LogP contribution in [0.3, 0.4) is 0 Å². The van der Waals surface area contributed by atoms with Crippen molar-refractivity contribution in [1.82, 2.24) is 20.3 Å². The fourth-order valence-corrected chi connectivity index (χ4v) is 7.18. The van der Waals surface area contributed by atoms with Crippen LogP contribution in [0.2, 0.25) is 0 Å². The number of benzene rings is 2. The van der Waals surface area contributed by atoms with E-state index in [0.717, 1.165) is 30.8 Å². The maximum absolute atomic E-state index is 16.5. The molecule has 1 aromatic heterocycles. The average Bonchev–Trinajstić information content (AvgIpc) is 3.06. The summed E-state index contributed by atoms with van der Waals surface area (Å²) in [6.45, 7) is 4.83. The van der Waals surface area contributed by atoms with Gasteiger partial charge in [-0.2, -0.15) is 0 Å². The van der Waals surface area contributed by atoms with Crippen molar-refractivity contribution in [3.05, 3.63) is 65.1 Å². The summed E-state index contributed by atoms with van der Waals surface area (Å²) in [7, 11) is 1.56. The first-order chi connectivity index (χ1) is 21.7. The van der Waals surface area contributed by atoms with Gasteiger partial charge in [0.2, 0.25) is 5.91 Å². The number of hydrogen-bond donors (Lipinski definition) is 2. The van der Waals surface area contributed by atoms with Crippen molar-refractivity contribution >= 4 is 28.6 Å². The molecule has 8 nitrogen and oxygen atoms in total. The van der Waals surface area contributed by atoms with Crippen molar-refractivity contribution in [3.8, 4) is 5.75 Å². The molecular formula is C32H38F4N4O4S. The Labute approximate surface area is 264 Å². The first-order valence-electron chi connectivity index (χ1n) is 15.1. The summed E-state index contributed by atoms with van der Waals surface area (Å²) in [5.74, 6) is -3.38. The van der Waals surface area contributed by atoms with Crippen LogP contribution in [-0.4, -0.2) is 84.7 Å². The highest BCUT2D eigenvalue weighted by Gasteiger charge is 2.41. The van der Waals surface area contributed by atoms with Crippen LogP contribution in [0, 0.1) is 22.9 Å². The van der Waals surface area contributed by atoms with Crippen molar-refractivity contribution in [2.75, 3.05) is 58.8 Å². The molecule has 13 heteroatoms. The molecular weight excluding hydrogens is 612 g/mol. The number of carbonyl (C=O) groups excluding carboxylic acids is 1. The zero-order valence-electron chi connectivity index (χ0n) is 25.2. The fourth-order valence-electron chi connectivity index (χ4n) is 6.23. The number of nitrogens with one attached hydrogen (secondary N) is 1. The van der Waals surface area contributed by atoms with E-state index in [0.29, 0.717) is 85.1 Å². The number of aromatic nitrogens is 1. The Balaban J connectivity index is 1.27. The molecule has 0 saturated carbocycles. The molecule has 1 unspecified atom stereocenters. The second-order valence-corrected chi connectivity index (χ2v) is 12.8. The second kappa shape index (κ2) is 15.1. The van der Waals surface area contributed by atoms with Gasteiger partial charge in [0.05, 0.1) is 31.3 Å². The Bertz CT molecular complexity index is 1460. The lowest BCUT2D eigenvalue weighted by Crippen LogP contribution is -2.48. The number of amides is 1. The lowest BCUT2D eigenvalue weighted by atomic mass is 9.73. The minimum Gasteiger partial charge on any atom is -0.497 e. The van der Waals surface area contributed by atoms with Gasteiger partial charge in [0.25, 0.3) is 0 Å². The Morgan fingerprint density at radius 3 is 2.49 bits per heavy atom. The summed E-state index contributed by atoms with van der Waals surface area (Å²) in [6.07, 6.45) is 1.44. The number of pyridine rings is 1. The summed E-state index contributed by atoms with van der Waals surface area (Å²) in [5.41, 5.74) is 2.82. The van der Waals surface area contributed by atoms with Crippen molar-refractivity contribution in [2.45, 2.75) is 43.3 Å². The van der Waals surface area contributed by atoms with Crippen molar-refractivity contribution in [2.24, 2.45) is 5.41 Å². The Morgan fingerprint density at radius 1 is 1.11 bits per heavy atom. The number of carbonyl (C=O) groups is 1. The number of hydrogen-bond acceptors (Lipinski definition) is 8. The van der Waals surface area contributed by atoms with Gasteiger partial charge >= 0.3 is 0 Å². The minimum absolute atomic E-state index is 0.0669. The fraction of sp³-hybridized carbons (Fsp3) is 0.500. The number of likely N-dealkylation sites (tertiary alicyclic amines) is 1. The van der Waals surface area contributed by atoms with E-state index in [4.69, 9.17) is 9.47 Å². The van der Waals surface area contributed by atoms with Crippen molar-refractivity contribution in [3.63, 3.8) is 0 Å². The van der Waals surface area contributed by atoms with Crippen LogP contribution >= 0.6 is 11.8 Å². The summed E-state index contributed by atoms with van der Waals surface area (Å²) in [5, 5.41) is 10.3. The number of morpholine rings is 1. The molecule has 0 radical (unpaired) electrons. The first kappa shape index (κ1) is 33.4. The second-order valence-electron chi connectivity index (χ2n) is 11.6. The molecule has 1 atom stereocenters. The maximum Gasteiger partial charge on any atom is 0.249 e. The summed E-state index contributed by atoms with van der Waals surface area (Å²) in [6, 6.07) is 7.34. The number of fused-ring (bicyclic) bond motifs is 1. The molecule has 2 fully saturated rings. The van der Waals surface area contributed by atoms with Crippen LogP contribution in [0.5, 0.6) is 5.75 Å². The molecule has 2 aliphatic rings. The lowest BCUT2D eigenvalue weighted by Gasteiger charge is -2.40. The van der Waals surface area contributed by atoms with E-state index in [9.17, 15) is 23.2 Å². The molecule has 0 bridgehead atoms. The molecule has 0 spiro atoms. The molecule has 2 aromatic carbocycles. The number of nitrogens with zero attached hydrogens (tertiary/aromatic N) is 3.